The Morgan fingerprint density at radius 1 is 1.08 bits per heavy atom. The summed E-state index contributed by atoms with van der Waals surface area (Å²) < 4.78 is 0. The van der Waals surface area contributed by atoms with Crippen LogP contribution in [0.3, 0.4) is 0 Å². The highest BCUT2D eigenvalue weighted by molar-refractivity contribution is 6.23. The van der Waals surface area contributed by atoms with Crippen LogP contribution in [-0.2, 0) is 33.6 Å². The molecule has 3 aliphatic rings. The number of fused-ring (bicyclic) bond motifs is 3. The van der Waals surface area contributed by atoms with Crippen molar-refractivity contribution in [2.24, 2.45) is 17.3 Å². The average molecular weight is 511 g/mol. The van der Waals surface area contributed by atoms with Gasteiger partial charge in [0.15, 0.2) is 17.2 Å². The summed E-state index contributed by atoms with van der Waals surface area (Å²) in [7, 11) is 0. The summed E-state index contributed by atoms with van der Waals surface area (Å²) in [6.45, 7) is 9.66. The van der Waals surface area contributed by atoms with E-state index < -0.39 is 46.1 Å². The predicted octanol–water partition coefficient (Wildman–Crippen LogP) is 4.85. The molecule has 200 valence electrons. The van der Waals surface area contributed by atoms with Gasteiger partial charge in [0.2, 0.25) is 5.78 Å². The van der Waals surface area contributed by atoms with E-state index in [1.807, 2.05) is 13.0 Å². The van der Waals surface area contributed by atoms with Crippen LogP contribution in [0.15, 0.2) is 23.0 Å². The molecule has 1 fully saturated rings. The van der Waals surface area contributed by atoms with Crippen LogP contribution in [-0.4, -0.2) is 43.4 Å². The number of carbonyl (C=O) groups is 3. The number of aliphatic hydroxyl groups excluding tert-OH is 2. The van der Waals surface area contributed by atoms with Gasteiger partial charge in [0, 0.05) is 17.9 Å². The molecule has 37 heavy (non-hydrogen) atoms. The molecular weight excluding hydrogens is 472 g/mol. The van der Waals surface area contributed by atoms with Gasteiger partial charge in [-0.05, 0) is 73.5 Å². The zero-order valence-electron chi connectivity index (χ0n) is 22.4. The van der Waals surface area contributed by atoms with Crippen molar-refractivity contribution in [3.63, 3.8) is 0 Å². The zero-order chi connectivity index (χ0) is 27.4. The number of benzene rings is 1. The number of rotatable bonds is 6. The molecule has 3 aliphatic carbocycles. The Bertz CT molecular complexity index is 1240. The van der Waals surface area contributed by atoms with Crippen molar-refractivity contribution >= 4 is 23.1 Å². The lowest BCUT2D eigenvalue weighted by atomic mass is 9.59. The molecule has 0 amide bonds. The molecule has 0 aromatic heterocycles. The molecular formula is C30H38O7. The van der Waals surface area contributed by atoms with Gasteiger partial charge < -0.3 is 20.4 Å². The molecule has 0 radical (unpaired) electrons. The summed E-state index contributed by atoms with van der Waals surface area (Å²) in [6.07, 6.45) is 4.39. The van der Waals surface area contributed by atoms with Gasteiger partial charge in [0.1, 0.15) is 22.8 Å². The lowest BCUT2D eigenvalue weighted by Gasteiger charge is -2.46. The number of Topliss-reactive ketones (excluding diaryl/α,β-unsaturated/α-hetero) is 3. The number of aromatic hydroxyl groups is 1. The van der Waals surface area contributed by atoms with Crippen LogP contribution in [0.1, 0.15) is 89.0 Å². The number of aryl methyl sites for hydroxylation is 2. The van der Waals surface area contributed by atoms with Gasteiger partial charge in [0.25, 0.3) is 0 Å². The van der Waals surface area contributed by atoms with Gasteiger partial charge in [-0.15, -0.1) is 0 Å². The largest absolute Gasteiger partial charge is 0.508 e. The monoisotopic (exact) mass is 510 g/mol. The minimum Gasteiger partial charge on any atom is -0.508 e. The lowest BCUT2D eigenvalue weighted by molar-refractivity contribution is -0.147. The summed E-state index contributed by atoms with van der Waals surface area (Å²) >= 11 is 0. The fraction of sp³-hybridized carbons (Fsp3) is 0.567. The second-order valence-corrected chi connectivity index (χ2v) is 12.2. The van der Waals surface area contributed by atoms with E-state index in [9.17, 15) is 34.8 Å². The predicted molar refractivity (Wildman–Crippen MR) is 139 cm³/mol. The fourth-order valence-corrected chi connectivity index (χ4v) is 6.43. The van der Waals surface area contributed by atoms with Crippen LogP contribution >= 0.6 is 0 Å². The van der Waals surface area contributed by atoms with Gasteiger partial charge in [-0.1, -0.05) is 40.2 Å². The first-order chi connectivity index (χ1) is 17.2. The van der Waals surface area contributed by atoms with E-state index in [1.54, 1.807) is 0 Å². The van der Waals surface area contributed by atoms with Crippen LogP contribution in [0.5, 0.6) is 5.75 Å². The zero-order valence-corrected chi connectivity index (χ0v) is 22.4. The maximum absolute atomic E-state index is 13.7. The van der Waals surface area contributed by atoms with E-state index in [0.717, 1.165) is 43.7 Å². The Kier molecular flexibility index (Phi) is 6.91. The highest BCUT2D eigenvalue weighted by Gasteiger charge is 2.60. The van der Waals surface area contributed by atoms with E-state index in [1.165, 1.54) is 0 Å². The van der Waals surface area contributed by atoms with Crippen LogP contribution in [0.25, 0.3) is 5.76 Å². The minimum absolute atomic E-state index is 0.0559. The number of ketones is 3. The SMILES string of the molecule is CCCc1cc(CCCC(C)(C)C)c2c(c1O)C(O)=C1C(=O)C3(O)C(O)=C(C(C)=O)C(=O)CC3CC1C2. The van der Waals surface area contributed by atoms with Crippen molar-refractivity contribution in [2.75, 3.05) is 0 Å². The Labute approximate surface area is 217 Å². The fourth-order valence-electron chi connectivity index (χ4n) is 6.43. The smallest absolute Gasteiger partial charge is 0.202 e. The molecule has 7 nitrogen and oxygen atoms in total. The van der Waals surface area contributed by atoms with Crippen molar-refractivity contribution in [1.29, 1.82) is 0 Å². The number of hydrogen-bond donors (Lipinski definition) is 4. The van der Waals surface area contributed by atoms with Crippen molar-refractivity contribution in [1.82, 2.24) is 0 Å². The molecule has 1 saturated carbocycles. The number of hydrogen-bond acceptors (Lipinski definition) is 7. The summed E-state index contributed by atoms with van der Waals surface area (Å²) in [4.78, 5) is 38.4. The molecule has 0 spiro atoms. The number of carbonyl (C=O) groups excluding carboxylic acids is 3. The molecule has 4 rings (SSSR count). The topological polar surface area (TPSA) is 132 Å². The van der Waals surface area contributed by atoms with E-state index in [-0.39, 0.29) is 40.9 Å². The molecule has 1 aromatic carbocycles. The number of phenols is 1. The first-order valence-corrected chi connectivity index (χ1v) is 13.3. The summed E-state index contributed by atoms with van der Waals surface area (Å²) in [5.41, 5.74) is -0.167. The van der Waals surface area contributed by atoms with E-state index in [4.69, 9.17) is 0 Å². The Balaban J connectivity index is 1.86. The van der Waals surface area contributed by atoms with Crippen LogP contribution < -0.4 is 0 Å². The average Bonchev–Trinajstić information content (AvgIpc) is 2.78. The number of aliphatic hydroxyl groups is 3. The van der Waals surface area contributed by atoms with Gasteiger partial charge in [-0.3, -0.25) is 14.4 Å². The van der Waals surface area contributed by atoms with Gasteiger partial charge in [-0.25, -0.2) is 0 Å². The summed E-state index contributed by atoms with van der Waals surface area (Å²) in [6, 6.07) is 2.01. The minimum atomic E-state index is -2.46. The van der Waals surface area contributed by atoms with Crippen molar-refractivity contribution in [2.45, 2.75) is 91.6 Å². The molecule has 3 unspecified atom stereocenters. The van der Waals surface area contributed by atoms with Crippen molar-refractivity contribution in [3.05, 3.63) is 45.2 Å². The third-order valence-corrected chi connectivity index (χ3v) is 8.23. The van der Waals surface area contributed by atoms with Crippen molar-refractivity contribution < 1.29 is 34.8 Å². The highest BCUT2D eigenvalue weighted by atomic mass is 16.3. The Morgan fingerprint density at radius 3 is 2.35 bits per heavy atom. The second kappa shape index (κ2) is 9.43. The Morgan fingerprint density at radius 2 is 1.76 bits per heavy atom. The maximum atomic E-state index is 13.7. The highest BCUT2D eigenvalue weighted by Crippen LogP contribution is 2.53. The van der Waals surface area contributed by atoms with Gasteiger partial charge in [-0.2, -0.15) is 0 Å². The van der Waals surface area contributed by atoms with Crippen LogP contribution in [0, 0.1) is 17.3 Å². The lowest BCUT2D eigenvalue weighted by Crippen LogP contribution is -2.57. The van der Waals surface area contributed by atoms with E-state index >= 15 is 0 Å². The van der Waals surface area contributed by atoms with E-state index in [2.05, 4.69) is 20.8 Å². The quantitative estimate of drug-likeness (QED) is 0.402. The normalized spacial score (nSPS) is 25.7. The third-order valence-electron chi connectivity index (χ3n) is 8.23. The number of phenolic OH excluding ortho intramolecular Hbond substituents is 1. The molecule has 0 aliphatic heterocycles. The van der Waals surface area contributed by atoms with Gasteiger partial charge in [0.05, 0.1) is 5.56 Å². The number of allylic oxidation sites excluding steroid dienone is 1. The molecule has 3 atom stereocenters. The Hall–Kier alpha value is -2.93. The first-order valence-electron chi connectivity index (χ1n) is 13.3. The molecule has 4 N–H and O–H groups in total. The van der Waals surface area contributed by atoms with Crippen LogP contribution in [0.4, 0.5) is 0 Å². The molecule has 1 aromatic rings. The molecule has 7 heteroatoms. The third kappa shape index (κ3) is 4.41. The summed E-state index contributed by atoms with van der Waals surface area (Å²) in [5, 5.41) is 44.9. The van der Waals surface area contributed by atoms with E-state index in [0.29, 0.717) is 18.4 Å². The van der Waals surface area contributed by atoms with Crippen LogP contribution in [0.2, 0.25) is 0 Å². The first kappa shape index (κ1) is 27.1. The maximum Gasteiger partial charge on any atom is 0.202 e. The second-order valence-electron chi connectivity index (χ2n) is 12.2. The van der Waals surface area contributed by atoms with Crippen molar-refractivity contribution in [3.8, 4) is 5.75 Å². The van der Waals surface area contributed by atoms with Gasteiger partial charge >= 0.3 is 0 Å². The molecule has 0 bridgehead atoms. The standard InChI is InChI=1S/C30H38O7/c1-6-8-17-11-16(9-7-10-29(3,4)5)20-13-18-12-19-14-21(32)22(15(2)31)27(35)30(19,37)28(36)23(18)26(34)24(20)25(17)33/h11,18-19,33-35,37H,6-10,12-14H2,1-5H3. The molecule has 0 heterocycles. The summed E-state index contributed by atoms with van der Waals surface area (Å²) in [5.74, 6) is -4.99. The molecule has 0 saturated heterocycles.